The van der Waals surface area contributed by atoms with E-state index in [9.17, 15) is 4.79 Å². The zero-order chi connectivity index (χ0) is 14.1. The van der Waals surface area contributed by atoms with Crippen molar-refractivity contribution in [3.8, 4) is 0 Å². The van der Waals surface area contributed by atoms with E-state index < -0.39 is 0 Å². The van der Waals surface area contributed by atoms with E-state index in [-0.39, 0.29) is 5.56 Å². The van der Waals surface area contributed by atoms with Gasteiger partial charge in [-0.2, -0.15) is 5.10 Å². The van der Waals surface area contributed by atoms with Crippen LogP contribution in [0.15, 0.2) is 15.5 Å². The topological polar surface area (TPSA) is 50.2 Å². The van der Waals surface area contributed by atoms with Crippen LogP contribution < -0.4 is 10.9 Å². The summed E-state index contributed by atoms with van der Waals surface area (Å²) < 4.78 is 2.12. The molecule has 0 radical (unpaired) electrons. The minimum atomic E-state index is -0.0473. The standard InChI is InChI=1S/C14H21BrN4O/c1-2-6-19-14(20)13(15)12(8-16-19)17-10-5-7-18(9-10)11-3-4-11/h8,10-11,17H,2-7,9H2,1H3. The fourth-order valence-electron chi connectivity index (χ4n) is 2.83. The van der Waals surface area contributed by atoms with Gasteiger partial charge in [0.1, 0.15) is 4.47 Å². The van der Waals surface area contributed by atoms with Crippen LogP contribution in [0.1, 0.15) is 32.6 Å². The molecule has 1 aliphatic carbocycles. The summed E-state index contributed by atoms with van der Waals surface area (Å²) >= 11 is 3.42. The molecule has 5 nitrogen and oxygen atoms in total. The molecule has 110 valence electrons. The normalized spacial score (nSPS) is 23.2. The highest BCUT2D eigenvalue weighted by molar-refractivity contribution is 9.10. The van der Waals surface area contributed by atoms with Crippen LogP contribution in [0, 0.1) is 0 Å². The highest BCUT2D eigenvalue weighted by atomic mass is 79.9. The van der Waals surface area contributed by atoms with Gasteiger partial charge in [-0.1, -0.05) is 6.92 Å². The number of anilines is 1. The number of aryl methyl sites for hydroxylation is 1. The van der Waals surface area contributed by atoms with Crippen molar-refractivity contribution < 1.29 is 0 Å². The third kappa shape index (κ3) is 2.91. The van der Waals surface area contributed by atoms with Crippen LogP contribution >= 0.6 is 15.9 Å². The van der Waals surface area contributed by atoms with Crippen molar-refractivity contribution >= 4 is 21.6 Å². The maximum absolute atomic E-state index is 12.1. The molecule has 2 fully saturated rings. The first kappa shape index (κ1) is 14.1. The molecule has 0 spiro atoms. The maximum Gasteiger partial charge on any atom is 0.283 e. The van der Waals surface area contributed by atoms with E-state index in [0.29, 0.717) is 17.1 Å². The lowest BCUT2D eigenvalue weighted by molar-refractivity contribution is 0.326. The lowest BCUT2D eigenvalue weighted by atomic mass is 10.2. The number of hydrogen-bond donors (Lipinski definition) is 1. The van der Waals surface area contributed by atoms with E-state index >= 15 is 0 Å². The average molecular weight is 341 g/mol. The van der Waals surface area contributed by atoms with E-state index in [4.69, 9.17) is 0 Å². The van der Waals surface area contributed by atoms with Gasteiger partial charge < -0.3 is 5.32 Å². The Morgan fingerprint density at radius 1 is 1.45 bits per heavy atom. The van der Waals surface area contributed by atoms with Crippen LogP contribution in [0.4, 0.5) is 5.69 Å². The van der Waals surface area contributed by atoms with E-state index in [1.165, 1.54) is 24.1 Å². The fraction of sp³-hybridized carbons (Fsp3) is 0.714. The predicted octanol–water partition coefficient (Wildman–Crippen LogP) is 2.06. The van der Waals surface area contributed by atoms with Crippen molar-refractivity contribution in [3.05, 3.63) is 21.0 Å². The largest absolute Gasteiger partial charge is 0.379 e. The SMILES string of the molecule is CCCn1ncc(NC2CCN(C3CC3)C2)c(Br)c1=O. The number of hydrogen-bond acceptors (Lipinski definition) is 4. The van der Waals surface area contributed by atoms with E-state index in [1.54, 1.807) is 6.20 Å². The second kappa shape index (κ2) is 5.85. The lowest BCUT2D eigenvalue weighted by Gasteiger charge is -2.17. The Labute approximate surface area is 127 Å². The van der Waals surface area contributed by atoms with E-state index in [1.807, 2.05) is 6.92 Å². The van der Waals surface area contributed by atoms with Gasteiger partial charge in [0.2, 0.25) is 0 Å². The second-order valence-electron chi connectivity index (χ2n) is 5.76. The van der Waals surface area contributed by atoms with Crippen LogP contribution in [-0.2, 0) is 6.54 Å². The molecule has 20 heavy (non-hydrogen) atoms. The lowest BCUT2D eigenvalue weighted by Crippen LogP contribution is -2.29. The van der Waals surface area contributed by atoms with E-state index in [2.05, 4.69) is 31.2 Å². The molecular formula is C14H21BrN4O. The molecule has 1 aromatic heterocycles. The number of nitrogens with zero attached hydrogens (tertiary/aromatic N) is 3. The quantitative estimate of drug-likeness (QED) is 0.891. The zero-order valence-corrected chi connectivity index (χ0v) is 13.4. The molecule has 1 saturated carbocycles. The monoisotopic (exact) mass is 340 g/mol. The predicted molar refractivity (Wildman–Crippen MR) is 83.1 cm³/mol. The van der Waals surface area contributed by atoms with Gasteiger partial charge in [0, 0.05) is 31.7 Å². The molecule has 1 saturated heterocycles. The molecule has 1 aliphatic heterocycles. The van der Waals surface area contributed by atoms with Gasteiger partial charge >= 0.3 is 0 Å². The highest BCUT2D eigenvalue weighted by Crippen LogP contribution is 2.31. The molecule has 2 aliphatic rings. The molecule has 1 unspecified atom stereocenters. The first-order chi connectivity index (χ1) is 9.69. The molecule has 0 aromatic carbocycles. The smallest absolute Gasteiger partial charge is 0.283 e. The molecular weight excluding hydrogens is 320 g/mol. The van der Waals surface area contributed by atoms with Gasteiger partial charge in [-0.05, 0) is 41.6 Å². The minimum absolute atomic E-state index is 0.0473. The van der Waals surface area contributed by atoms with Crippen molar-refractivity contribution in [2.75, 3.05) is 18.4 Å². The van der Waals surface area contributed by atoms with Crippen molar-refractivity contribution in [1.82, 2.24) is 14.7 Å². The molecule has 1 N–H and O–H groups in total. The number of rotatable bonds is 5. The van der Waals surface area contributed by atoms with Crippen molar-refractivity contribution in [3.63, 3.8) is 0 Å². The van der Waals surface area contributed by atoms with Crippen LogP contribution in [0.25, 0.3) is 0 Å². The maximum atomic E-state index is 12.1. The summed E-state index contributed by atoms with van der Waals surface area (Å²) in [5.41, 5.74) is 0.777. The van der Waals surface area contributed by atoms with Gasteiger partial charge in [0.15, 0.2) is 0 Å². The minimum Gasteiger partial charge on any atom is -0.379 e. The van der Waals surface area contributed by atoms with Crippen molar-refractivity contribution in [2.24, 2.45) is 0 Å². The van der Waals surface area contributed by atoms with Gasteiger partial charge in [-0.15, -0.1) is 0 Å². The van der Waals surface area contributed by atoms with Crippen LogP contribution in [-0.4, -0.2) is 39.9 Å². The Morgan fingerprint density at radius 2 is 2.25 bits per heavy atom. The Hall–Kier alpha value is -0.880. The van der Waals surface area contributed by atoms with Crippen molar-refractivity contribution in [2.45, 2.75) is 51.2 Å². The number of aromatic nitrogens is 2. The summed E-state index contributed by atoms with van der Waals surface area (Å²) in [6, 6.07) is 1.25. The number of likely N-dealkylation sites (tertiary alicyclic amines) is 1. The van der Waals surface area contributed by atoms with Gasteiger partial charge in [-0.25, -0.2) is 4.68 Å². The Kier molecular flexibility index (Phi) is 4.12. The van der Waals surface area contributed by atoms with Crippen LogP contribution in [0.3, 0.4) is 0 Å². The summed E-state index contributed by atoms with van der Waals surface area (Å²) in [6.45, 7) is 4.95. The summed E-state index contributed by atoms with van der Waals surface area (Å²) in [5, 5.41) is 7.70. The summed E-state index contributed by atoms with van der Waals surface area (Å²) in [6.07, 6.45) is 6.52. The molecule has 0 amide bonds. The number of halogens is 1. The van der Waals surface area contributed by atoms with Gasteiger partial charge in [0.05, 0.1) is 11.9 Å². The summed E-state index contributed by atoms with van der Waals surface area (Å²) in [7, 11) is 0. The Bertz CT molecular complexity index is 540. The molecule has 3 rings (SSSR count). The number of nitrogens with one attached hydrogen (secondary N) is 1. The molecule has 1 aromatic rings. The second-order valence-corrected chi connectivity index (χ2v) is 6.55. The summed E-state index contributed by atoms with van der Waals surface area (Å²) in [5.74, 6) is 0. The zero-order valence-electron chi connectivity index (χ0n) is 11.8. The fourth-order valence-corrected chi connectivity index (χ4v) is 3.25. The average Bonchev–Trinajstić information content (AvgIpc) is 3.19. The Morgan fingerprint density at radius 3 is 2.95 bits per heavy atom. The molecule has 6 heteroatoms. The third-order valence-corrected chi connectivity index (χ3v) is 4.83. The van der Waals surface area contributed by atoms with Gasteiger partial charge in [-0.3, -0.25) is 9.69 Å². The first-order valence-corrected chi connectivity index (χ1v) is 8.24. The van der Waals surface area contributed by atoms with Crippen molar-refractivity contribution in [1.29, 1.82) is 0 Å². The summed E-state index contributed by atoms with van der Waals surface area (Å²) in [4.78, 5) is 14.7. The highest BCUT2D eigenvalue weighted by Gasteiger charge is 2.34. The molecule has 0 bridgehead atoms. The van der Waals surface area contributed by atoms with Crippen LogP contribution in [0.2, 0.25) is 0 Å². The van der Waals surface area contributed by atoms with Crippen LogP contribution in [0.5, 0.6) is 0 Å². The van der Waals surface area contributed by atoms with E-state index in [0.717, 1.165) is 31.1 Å². The Balaban J connectivity index is 1.68. The van der Waals surface area contributed by atoms with Gasteiger partial charge in [0.25, 0.3) is 5.56 Å². The first-order valence-electron chi connectivity index (χ1n) is 7.45. The third-order valence-electron chi connectivity index (χ3n) is 4.06. The molecule has 2 heterocycles. The molecule has 1 atom stereocenters.